The van der Waals surface area contributed by atoms with Crippen LogP contribution in [0.2, 0.25) is 0 Å². The van der Waals surface area contributed by atoms with Gasteiger partial charge in [0.15, 0.2) is 0 Å². The first kappa shape index (κ1) is 10.2. The van der Waals surface area contributed by atoms with E-state index in [-0.39, 0.29) is 12.2 Å². The van der Waals surface area contributed by atoms with Crippen LogP contribution in [0.4, 0.5) is 4.79 Å². The van der Waals surface area contributed by atoms with Crippen LogP contribution in [0.15, 0.2) is 0 Å². The molecule has 2 saturated carbocycles. The van der Waals surface area contributed by atoms with E-state index in [0.29, 0.717) is 35.9 Å². The molecule has 17 heavy (non-hydrogen) atoms. The quantitative estimate of drug-likeness (QED) is 0.655. The molecule has 4 fully saturated rings. The lowest BCUT2D eigenvalue weighted by Crippen LogP contribution is -2.42. The Balaban J connectivity index is 1.68. The van der Waals surface area contributed by atoms with E-state index in [1.165, 1.54) is 0 Å². The van der Waals surface area contributed by atoms with Gasteiger partial charge in [-0.2, -0.15) is 0 Å². The number of fused-ring (bicyclic) bond motifs is 8. The van der Waals surface area contributed by atoms with Crippen molar-refractivity contribution in [1.82, 2.24) is 0 Å². The molecule has 2 bridgehead atoms. The van der Waals surface area contributed by atoms with E-state index in [9.17, 15) is 4.79 Å². The zero-order chi connectivity index (χ0) is 11.7. The standard InChI is InChI=1S/C13H18O4/c1-3-8-10-7-4-6(9(10)5(2)15-8)11-12(7)17-13(14)16-11/h5-12H,3-4H2,1-2H3. The predicted molar refractivity (Wildman–Crippen MR) is 58.3 cm³/mol. The maximum atomic E-state index is 11.3. The number of ether oxygens (including phenoxy) is 3. The minimum Gasteiger partial charge on any atom is -0.427 e. The van der Waals surface area contributed by atoms with Crippen LogP contribution >= 0.6 is 0 Å². The molecule has 0 amide bonds. The maximum absolute atomic E-state index is 11.3. The summed E-state index contributed by atoms with van der Waals surface area (Å²) in [6.07, 6.45) is 2.43. The van der Waals surface area contributed by atoms with E-state index in [1.54, 1.807) is 0 Å². The fraction of sp³-hybridized carbons (Fsp3) is 0.923. The van der Waals surface area contributed by atoms with Crippen molar-refractivity contribution < 1.29 is 19.0 Å². The van der Waals surface area contributed by atoms with Gasteiger partial charge in [-0.1, -0.05) is 6.92 Å². The van der Waals surface area contributed by atoms with Gasteiger partial charge in [-0.25, -0.2) is 4.79 Å². The molecule has 2 aliphatic carbocycles. The van der Waals surface area contributed by atoms with Crippen molar-refractivity contribution >= 4 is 6.16 Å². The molecular formula is C13H18O4. The second-order valence-electron chi connectivity index (χ2n) is 5.92. The highest BCUT2D eigenvalue weighted by Gasteiger charge is 2.68. The predicted octanol–water partition coefficient (Wildman–Crippen LogP) is 1.97. The lowest BCUT2D eigenvalue weighted by molar-refractivity contribution is 0.0154. The second kappa shape index (κ2) is 3.16. The summed E-state index contributed by atoms with van der Waals surface area (Å²) in [4.78, 5) is 11.3. The number of hydrogen-bond acceptors (Lipinski definition) is 4. The third kappa shape index (κ3) is 1.10. The van der Waals surface area contributed by atoms with Crippen LogP contribution in [-0.4, -0.2) is 30.6 Å². The summed E-state index contributed by atoms with van der Waals surface area (Å²) in [5.41, 5.74) is 0. The van der Waals surface area contributed by atoms with Crippen molar-refractivity contribution in [2.24, 2.45) is 23.7 Å². The Bertz CT molecular complexity index is 368. The number of hydrogen-bond donors (Lipinski definition) is 0. The molecule has 4 heteroatoms. The third-order valence-corrected chi connectivity index (χ3v) is 5.37. The van der Waals surface area contributed by atoms with E-state index >= 15 is 0 Å². The Morgan fingerprint density at radius 1 is 1.18 bits per heavy atom. The van der Waals surface area contributed by atoms with Crippen molar-refractivity contribution in [3.8, 4) is 0 Å². The lowest BCUT2D eigenvalue weighted by Gasteiger charge is -2.32. The fourth-order valence-corrected chi connectivity index (χ4v) is 4.96. The topological polar surface area (TPSA) is 44.8 Å². The molecule has 0 aromatic heterocycles. The van der Waals surface area contributed by atoms with Crippen LogP contribution in [0.5, 0.6) is 0 Å². The summed E-state index contributed by atoms with van der Waals surface area (Å²) >= 11 is 0. The summed E-state index contributed by atoms with van der Waals surface area (Å²) in [7, 11) is 0. The molecule has 0 N–H and O–H groups in total. The van der Waals surface area contributed by atoms with Gasteiger partial charge in [0.05, 0.1) is 12.2 Å². The van der Waals surface area contributed by atoms with Gasteiger partial charge in [-0.15, -0.1) is 0 Å². The lowest BCUT2D eigenvalue weighted by atomic mass is 9.73. The van der Waals surface area contributed by atoms with Gasteiger partial charge >= 0.3 is 6.16 Å². The van der Waals surface area contributed by atoms with Crippen LogP contribution in [0.3, 0.4) is 0 Å². The van der Waals surface area contributed by atoms with Crippen LogP contribution in [0.1, 0.15) is 26.7 Å². The Labute approximate surface area is 101 Å². The molecule has 0 aromatic rings. The fourth-order valence-electron chi connectivity index (χ4n) is 4.96. The van der Waals surface area contributed by atoms with E-state index < -0.39 is 6.16 Å². The summed E-state index contributed by atoms with van der Waals surface area (Å²) in [6, 6.07) is 0. The van der Waals surface area contributed by atoms with Crippen LogP contribution in [-0.2, 0) is 14.2 Å². The molecule has 4 rings (SSSR count). The molecule has 8 atom stereocenters. The van der Waals surface area contributed by atoms with E-state index in [2.05, 4.69) is 13.8 Å². The Morgan fingerprint density at radius 2 is 1.82 bits per heavy atom. The summed E-state index contributed by atoms with van der Waals surface area (Å²) in [6.45, 7) is 4.35. The van der Waals surface area contributed by atoms with Crippen molar-refractivity contribution in [2.45, 2.75) is 51.1 Å². The molecule has 2 heterocycles. The van der Waals surface area contributed by atoms with Crippen LogP contribution in [0.25, 0.3) is 0 Å². The smallest absolute Gasteiger partial charge is 0.427 e. The van der Waals surface area contributed by atoms with Crippen molar-refractivity contribution in [3.63, 3.8) is 0 Å². The summed E-state index contributed by atoms with van der Waals surface area (Å²) in [5.74, 6) is 2.08. The summed E-state index contributed by atoms with van der Waals surface area (Å²) < 4.78 is 16.7. The highest BCUT2D eigenvalue weighted by Crippen LogP contribution is 2.61. The molecule has 2 saturated heterocycles. The van der Waals surface area contributed by atoms with Crippen molar-refractivity contribution in [2.75, 3.05) is 0 Å². The molecule has 2 aliphatic heterocycles. The first-order valence-electron chi connectivity index (χ1n) is 6.73. The average Bonchev–Trinajstić information content (AvgIpc) is 2.96. The molecule has 0 radical (unpaired) electrons. The SMILES string of the molecule is CCC1OC(C)C2C3CC(C4OC(=O)OC34)C12. The average molecular weight is 238 g/mol. The van der Waals surface area contributed by atoms with Gasteiger partial charge < -0.3 is 14.2 Å². The van der Waals surface area contributed by atoms with Crippen molar-refractivity contribution in [1.29, 1.82) is 0 Å². The molecule has 8 unspecified atom stereocenters. The first-order valence-corrected chi connectivity index (χ1v) is 6.73. The number of carbonyl (C=O) groups excluding carboxylic acids is 1. The second-order valence-corrected chi connectivity index (χ2v) is 5.92. The van der Waals surface area contributed by atoms with Crippen LogP contribution in [0, 0.1) is 23.7 Å². The van der Waals surface area contributed by atoms with Gasteiger partial charge in [0, 0.05) is 11.8 Å². The van der Waals surface area contributed by atoms with Gasteiger partial charge in [-0.05, 0) is 31.6 Å². The maximum Gasteiger partial charge on any atom is 0.509 e. The summed E-state index contributed by atoms with van der Waals surface area (Å²) in [5, 5.41) is 0. The molecule has 94 valence electrons. The largest absolute Gasteiger partial charge is 0.509 e. The van der Waals surface area contributed by atoms with E-state index in [1.807, 2.05) is 0 Å². The van der Waals surface area contributed by atoms with Gasteiger partial charge in [0.2, 0.25) is 0 Å². The van der Waals surface area contributed by atoms with Gasteiger partial charge in [-0.3, -0.25) is 0 Å². The molecule has 0 spiro atoms. The van der Waals surface area contributed by atoms with E-state index in [4.69, 9.17) is 14.2 Å². The Kier molecular flexibility index (Phi) is 1.89. The monoisotopic (exact) mass is 238 g/mol. The molecule has 0 aromatic carbocycles. The normalized spacial score (nSPS) is 58.8. The molecule has 4 aliphatic rings. The minimum absolute atomic E-state index is 0.00964. The minimum atomic E-state index is -0.462. The molecule has 4 nitrogen and oxygen atoms in total. The zero-order valence-electron chi connectivity index (χ0n) is 10.2. The van der Waals surface area contributed by atoms with E-state index in [0.717, 1.165) is 12.8 Å². The van der Waals surface area contributed by atoms with Crippen molar-refractivity contribution in [3.05, 3.63) is 0 Å². The highest BCUT2D eigenvalue weighted by atomic mass is 16.8. The van der Waals surface area contributed by atoms with Crippen LogP contribution < -0.4 is 0 Å². The van der Waals surface area contributed by atoms with Gasteiger partial charge in [0.1, 0.15) is 12.2 Å². The first-order chi connectivity index (χ1) is 8.20. The third-order valence-electron chi connectivity index (χ3n) is 5.37. The zero-order valence-corrected chi connectivity index (χ0v) is 10.2. The van der Waals surface area contributed by atoms with Gasteiger partial charge in [0.25, 0.3) is 0 Å². The number of rotatable bonds is 1. The Morgan fingerprint density at radius 3 is 2.47 bits per heavy atom. The molecular weight excluding hydrogens is 220 g/mol. The Hall–Kier alpha value is -0.770. The highest BCUT2D eigenvalue weighted by molar-refractivity contribution is 5.63. The number of carbonyl (C=O) groups is 1.